The maximum atomic E-state index is 6.69. The summed E-state index contributed by atoms with van der Waals surface area (Å²) in [6.45, 7) is 5.78. The average Bonchev–Trinajstić information content (AvgIpc) is 2.96. The van der Waals surface area contributed by atoms with Crippen LogP contribution in [-0.4, -0.2) is 24.0 Å². The van der Waals surface area contributed by atoms with Crippen LogP contribution in [0.4, 0.5) is 0 Å². The number of halogens is 1. The lowest BCUT2D eigenvalue weighted by Gasteiger charge is -2.22. The SMILES string of the molecule is CCCCCCCCCCCCCCCCCCC(Cl)N(C)CCCCCCCCCCCCCCCCCC. The van der Waals surface area contributed by atoms with Crippen LogP contribution < -0.4 is 0 Å². The molecule has 242 valence electrons. The van der Waals surface area contributed by atoms with E-state index in [0.717, 1.165) is 6.42 Å². The van der Waals surface area contributed by atoms with Crippen molar-refractivity contribution >= 4 is 11.6 Å². The zero-order valence-corrected chi connectivity index (χ0v) is 29.2. The van der Waals surface area contributed by atoms with Crippen LogP contribution in [0.15, 0.2) is 0 Å². The van der Waals surface area contributed by atoms with Crippen LogP contribution in [0.25, 0.3) is 0 Å². The zero-order valence-electron chi connectivity index (χ0n) is 28.4. The van der Waals surface area contributed by atoms with Gasteiger partial charge in [-0.25, -0.2) is 0 Å². The summed E-state index contributed by atoms with van der Waals surface area (Å²) in [5.41, 5.74) is 0.239. The third kappa shape index (κ3) is 32.8. The number of nitrogens with zero attached hydrogens (tertiary/aromatic N) is 1. The maximum Gasteiger partial charge on any atom is 0.0847 e. The van der Waals surface area contributed by atoms with E-state index in [9.17, 15) is 0 Å². The highest BCUT2D eigenvalue weighted by Gasteiger charge is 2.10. The van der Waals surface area contributed by atoms with Crippen LogP contribution >= 0.6 is 11.6 Å². The van der Waals surface area contributed by atoms with Crippen molar-refractivity contribution in [3.8, 4) is 0 Å². The zero-order chi connectivity index (χ0) is 29.2. The van der Waals surface area contributed by atoms with E-state index in [0.29, 0.717) is 0 Å². The van der Waals surface area contributed by atoms with Gasteiger partial charge in [-0.15, -0.1) is 11.6 Å². The normalized spacial score (nSPS) is 12.5. The second-order valence-electron chi connectivity index (χ2n) is 13.3. The van der Waals surface area contributed by atoms with Gasteiger partial charge in [0.15, 0.2) is 0 Å². The molecular formula is C38H78ClN. The fourth-order valence-corrected chi connectivity index (χ4v) is 6.38. The molecule has 0 radical (unpaired) electrons. The Morgan fingerprint density at radius 1 is 0.350 bits per heavy atom. The van der Waals surface area contributed by atoms with Crippen LogP contribution in [0.3, 0.4) is 0 Å². The molecule has 0 fully saturated rings. The first-order valence-corrected chi connectivity index (χ1v) is 19.5. The molecule has 0 saturated carbocycles. The molecule has 0 N–H and O–H groups in total. The Hall–Kier alpha value is 0.250. The number of unbranched alkanes of at least 4 members (excludes halogenated alkanes) is 30. The summed E-state index contributed by atoms with van der Waals surface area (Å²) in [5, 5.41) is 0. The van der Waals surface area contributed by atoms with Crippen molar-refractivity contribution in [2.45, 2.75) is 231 Å². The maximum absolute atomic E-state index is 6.69. The monoisotopic (exact) mass is 584 g/mol. The van der Waals surface area contributed by atoms with Gasteiger partial charge in [-0.1, -0.05) is 213 Å². The van der Waals surface area contributed by atoms with Crippen LogP contribution in [0.2, 0.25) is 0 Å². The molecule has 0 saturated heterocycles. The van der Waals surface area contributed by atoms with Gasteiger partial charge in [-0.2, -0.15) is 0 Å². The quantitative estimate of drug-likeness (QED) is 0.0407. The van der Waals surface area contributed by atoms with Gasteiger partial charge in [0, 0.05) is 0 Å². The molecule has 0 aromatic heterocycles. The Kier molecular flexibility index (Phi) is 35.7. The number of alkyl halides is 1. The van der Waals surface area contributed by atoms with Crippen molar-refractivity contribution in [1.82, 2.24) is 4.90 Å². The van der Waals surface area contributed by atoms with Crippen LogP contribution in [-0.2, 0) is 0 Å². The summed E-state index contributed by atoms with van der Waals surface area (Å²) in [6.07, 6.45) is 47.1. The van der Waals surface area contributed by atoms with Crippen molar-refractivity contribution in [2.75, 3.05) is 13.6 Å². The van der Waals surface area contributed by atoms with E-state index in [1.807, 2.05) is 0 Å². The minimum Gasteiger partial charge on any atom is -0.291 e. The van der Waals surface area contributed by atoms with Crippen molar-refractivity contribution in [2.24, 2.45) is 0 Å². The minimum atomic E-state index is 0.239. The molecule has 0 amide bonds. The summed E-state index contributed by atoms with van der Waals surface area (Å²) >= 11 is 6.69. The van der Waals surface area contributed by atoms with E-state index in [4.69, 9.17) is 11.6 Å². The molecule has 0 bridgehead atoms. The summed E-state index contributed by atoms with van der Waals surface area (Å²) in [6, 6.07) is 0. The molecule has 0 rings (SSSR count). The Bertz CT molecular complexity index is 399. The molecule has 0 aromatic rings. The molecule has 0 aromatic carbocycles. The second-order valence-corrected chi connectivity index (χ2v) is 13.8. The molecular weight excluding hydrogens is 506 g/mol. The number of hydrogen-bond donors (Lipinski definition) is 0. The highest BCUT2D eigenvalue weighted by Crippen LogP contribution is 2.18. The lowest BCUT2D eigenvalue weighted by atomic mass is 10.0. The van der Waals surface area contributed by atoms with Crippen LogP contribution in [0.1, 0.15) is 226 Å². The van der Waals surface area contributed by atoms with Crippen LogP contribution in [0, 0.1) is 0 Å². The molecule has 40 heavy (non-hydrogen) atoms. The minimum absolute atomic E-state index is 0.239. The fourth-order valence-electron chi connectivity index (χ4n) is 6.13. The van der Waals surface area contributed by atoms with E-state index in [1.54, 1.807) is 0 Å². The van der Waals surface area contributed by atoms with E-state index < -0.39 is 0 Å². The van der Waals surface area contributed by atoms with Gasteiger partial charge in [0.2, 0.25) is 0 Å². The first-order chi connectivity index (χ1) is 19.7. The Morgan fingerprint density at radius 2 is 0.575 bits per heavy atom. The third-order valence-electron chi connectivity index (χ3n) is 9.14. The fraction of sp³-hybridized carbons (Fsp3) is 1.00. The Morgan fingerprint density at radius 3 is 0.850 bits per heavy atom. The molecule has 0 aliphatic heterocycles. The Balaban J connectivity index is 3.26. The molecule has 0 spiro atoms. The molecule has 1 atom stereocenters. The lowest BCUT2D eigenvalue weighted by Crippen LogP contribution is -2.28. The third-order valence-corrected chi connectivity index (χ3v) is 9.69. The summed E-state index contributed by atoms with van der Waals surface area (Å²) in [4.78, 5) is 2.40. The van der Waals surface area contributed by atoms with Gasteiger partial charge in [0.05, 0.1) is 5.50 Å². The Labute approximate surface area is 260 Å². The predicted molar refractivity (Wildman–Crippen MR) is 186 cm³/mol. The average molecular weight is 585 g/mol. The number of hydrogen-bond acceptors (Lipinski definition) is 1. The molecule has 1 nitrogen and oxygen atoms in total. The van der Waals surface area contributed by atoms with Gasteiger partial charge in [-0.05, 0) is 26.4 Å². The van der Waals surface area contributed by atoms with Crippen molar-refractivity contribution in [3.63, 3.8) is 0 Å². The second kappa shape index (κ2) is 35.4. The number of rotatable bonds is 35. The smallest absolute Gasteiger partial charge is 0.0847 e. The van der Waals surface area contributed by atoms with Crippen molar-refractivity contribution < 1.29 is 0 Å². The van der Waals surface area contributed by atoms with E-state index in [2.05, 4.69) is 25.8 Å². The van der Waals surface area contributed by atoms with Gasteiger partial charge in [0.1, 0.15) is 0 Å². The first kappa shape index (κ1) is 40.2. The van der Waals surface area contributed by atoms with Crippen molar-refractivity contribution in [3.05, 3.63) is 0 Å². The van der Waals surface area contributed by atoms with Gasteiger partial charge >= 0.3 is 0 Å². The van der Waals surface area contributed by atoms with Crippen molar-refractivity contribution in [1.29, 1.82) is 0 Å². The van der Waals surface area contributed by atoms with E-state index >= 15 is 0 Å². The predicted octanol–water partition coefficient (Wildman–Crippen LogP) is 14.4. The summed E-state index contributed by atoms with van der Waals surface area (Å²) in [5.74, 6) is 0. The molecule has 1 unspecified atom stereocenters. The molecule has 0 aliphatic carbocycles. The van der Waals surface area contributed by atoms with Gasteiger partial charge in [0.25, 0.3) is 0 Å². The first-order valence-electron chi connectivity index (χ1n) is 19.1. The molecule has 2 heteroatoms. The highest BCUT2D eigenvalue weighted by atomic mass is 35.5. The standard InChI is InChI=1S/C38H78ClN/c1-4-6-8-10-12-14-16-18-20-22-24-26-28-30-32-34-36-38(39)40(3)37-35-33-31-29-27-25-23-21-19-17-15-13-11-9-7-5-2/h38H,4-37H2,1-3H3. The van der Waals surface area contributed by atoms with Gasteiger partial charge < -0.3 is 0 Å². The summed E-state index contributed by atoms with van der Waals surface area (Å²) in [7, 11) is 2.23. The van der Waals surface area contributed by atoms with Gasteiger partial charge in [-0.3, -0.25) is 4.90 Å². The van der Waals surface area contributed by atoms with E-state index in [1.165, 1.54) is 212 Å². The van der Waals surface area contributed by atoms with E-state index in [-0.39, 0.29) is 5.50 Å². The molecule has 0 heterocycles. The topological polar surface area (TPSA) is 3.24 Å². The summed E-state index contributed by atoms with van der Waals surface area (Å²) < 4.78 is 0. The highest BCUT2D eigenvalue weighted by molar-refractivity contribution is 6.20. The lowest BCUT2D eigenvalue weighted by molar-refractivity contribution is 0.283. The largest absolute Gasteiger partial charge is 0.291 e. The van der Waals surface area contributed by atoms with Crippen LogP contribution in [0.5, 0.6) is 0 Å². The molecule has 0 aliphatic rings.